The Balaban J connectivity index is 2.72. The lowest BCUT2D eigenvalue weighted by atomic mass is 10.1. The van der Waals surface area contributed by atoms with Gasteiger partial charge < -0.3 is 9.11 Å². The molecule has 0 spiro atoms. The second kappa shape index (κ2) is 3.11. The van der Waals surface area contributed by atoms with Crippen molar-refractivity contribution in [1.82, 2.24) is 0 Å². The van der Waals surface area contributed by atoms with Gasteiger partial charge in [0, 0.05) is 4.90 Å². The summed E-state index contributed by atoms with van der Waals surface area (Å²) in [6.07, 6.45) is 0. The first-order valence-electron chi connectivity index (χ1n) is 4.67. The molecule has 0 atom stereocenters. The number of hydrogen-bond acceptors (Lipinski definition) is 3. The molecule has 0 amide bonds. The van der Waals surface area contributed by atoms with E-state index in [1.165, 1.54) is 12.1 Å². The largest absolute Gasteiger partial charge is 0.785 e. The molecule has 5 heteroatoms. The summed E-state index contributed by atoms with van der Waals surface area (Å²) in [5.41, 5.74) is 1.06. The SMILES string of the molecule is Cc1ccc2cc(S(N)(=O)([O-])[O-])ccc2c1. The Labute approximate surface area is 93.3 Å². The van der Waals surface area contributed by atoms with Gasteiger partial charge in [0.2, 0.25) is 0 Å². The van der Waals surface area contributed by atoms with E-state index in [1.807, 2.05) is 19.1 Å². The predicted molar refractivity (Wildman–Crippen MR) is 60.8 cm³/mol. The zero-order valence-electron chi connectivity index (χ0n) is 8.67. The number of hydrogen-bond donors (Lipinski definition) is 1. The van der Waals surface area contributed by atoms with Crippen LogP contribution in [0.15, 0.2) is 41.3 Å². The van der Waals surface area contributed by atoms with Crippen molar-refractivity contribution in [2.45, 2.75) is 11.8 Å². The molecular weight excluding hydrogens is 226 g/mol. The molecule has 0 fully saturated rings. The number of fused-ring (bicyclic) bond motifs is 1. The molecule has 86 valence electrons. The molecule has 2 aromatic carbocycles. The first-order chi connectivity index (χ1) is 7.22. The summed E-state index contributed by atoms with van der Waals surface area (Å²) in [4.78, 5) is -0.395. The van der Waals surface area contributed by atoms with Crippen LogP contribution in [0.4, 0.5) is 0 Å². The average molecular weight is 237 g/mol. The van der Waals surface area contributed by atoms with Crippen molar-refractivity contribution in [1.29, 1.82) is 0 Å². The van der Waals surface area contributed by atoms with Gasteiger partial charge in [-0.3, -0.25) is 9.35 Å². The molecule has 0 aliphatic rings. The van der Waals surface area contributed by atoms with E-state index >= 15 is 0 Å². The number of primary sulfonamides is 3. The van der Waals surface area contributed by atoms with Gasteiger partial charge in [-0.1, -0.05) is 29.8 Å². The van der Waals surface area contributed by atoms with E-state index in [0.717, 1.165) is 10.9 Å². The smallest absolute Gasteiger partial charge is 0.00544 e. The van der Waals surface area contributed by atoms with Gasteiger partial charge in [0.25, 0.3) is 0 Å². The van der Waals surface area contributed by atoms with Crippen LogP contribution in [0, 0.1) is 6.92 Å². The molecule has 2 N–H and O–H groups in total. The van der Waals surface area contributed by atoms with Gasteiger partial charge in [0.1, 0.15) is 0 Å². The Morgan fingerprint density at radius 2 is 1.62 bits per heavy atom. The lowest BCUT2D eigenvalue weighted by Crippen LogP contribution is -2.41. The molecule has 0 radical (unpaired) electrons. The highest BCUT2D eigenvalue weighted by molar-refractivity contribution is 8.08. The maximum atomic E-state index is 11.2. The van der Waals surface area contributed by atoms with E-state index in [1.54, 1.807) is 12.1 Å². The molecule has 0 aliphatic heterocycles. The van der Waals surface area contributed by atoms with Crippen LogP contribution in [0.5, 0.6) is 0 Å². The summed E-state index contributed by atoms with van der Waals surface area (Å²) in [7, 11) is -5.63. The van der Waals surface area contributed by atoms with Crippen molar-refractivity contribution >= 4 is 20.6 Å². The molecule has 0 bridgehead atoms. The van der Waals surface area contributed by atoms with Gasteiger partial charge in [-0.05, 0) is 29.8 Å². The van der Waals surface area contributed by atoms with Crippen molar-refractivity contribution in [2.75, 3.05) is 0 Å². The van der Waals surface area contributed by atoms with Crippen LogP contribution in [-0.4, -0.2) is 13.3 Å². The van der Waals surface area contributed by atoms with Gasteiger partial charge in [0.15, 0.2) is 0 Å². The number of sulfonamides is 3. The van der Waals surface area contributed by atoms with Crippen LogP contribution < -0.4 is 5.14 Å². The predicted octanol–water partition coefficient (Wildman–Crippen LogP) is 1.46. The Morgan fingerprint density at radius 3 is 2.25 bits per heavy atom. The van der Waals surface area contributed by atoms with Crippen molar-refractivity contribution in [2.24, 2.45) is 5.14 Å². The van der Waals surface area contributed by atoms with Gasteiger partial charge in [0.05, 0.1) is 0 Å². The summed E-state index contributed by atoms with van der Waals surface area (Å²) in [5.74, 6) is 0. The van der Waals surface area contributed by atoms with Crippen molar-refractivity contribution in [3.05, 3.63) is 42.0 Å². The molecule has 16 heavy (non-hydrogen) atoms. The van der Waals surface area contributed by atoms with Crippen LogP contribution in [-0.2, 0) is 9.81 Å². The second-order valence-corrected chi connectivity index (χ2v) is 6.07. The van der Waals surface area contributed by atoms with Gasteiger partial charge >= 0.3 is 0 Å². The molecule has 2 rings (SSSR count). The minimum absolute atomic E-state index is 0.395. The van der Waals surface area contributed by atoms with E-state index in [-0.39, 0.29) is 0 Å². The summed E-state index contributed by atoms with van der Waals surface area (Å²) in [6.45, 7) is 1.93. The highest BCUT2D eigenvalue weighted by Crippen LogP contribution is 2.26. The lowest BCUT2D eigenvalue weighted by molar-refractivity contribution is 0.359. The molecule has 0 aromatic heterocycles. The second-order valence-electron chi connectivity index (χ2n) is 3.87. The lowest BCUT2D eigenvalue weighted by Gasteiger charge is -2.51. The Bertz CT molecular complexity index is 619. The maximum Gasteiger partial charge on any atom is 0.00544 e. The standard InChI is InChI=1S/C11H13NO3S/c1-8-2-3-10-7-11(16(12,13,14)15)5-4-9(10)6-8/h2-7H,1H3,(H4,12,13,14,15)/p-2. The number of benzene rings is 2. The Kier molecular flexibility index (Phi) is 2.18. The average Bonchev–Trinajstić information content (AvgIpc) is 2.14. The van der Waals surface area contributed by atoms with Crippen LogP contribution in [0.2, 0.25) is 0 Å². The zero-order chi connectivity index (χ0) is 12.0. The number of nitrogens with two attached hydrogens (primary N) is 1. The van der Waals surface area contributed by atoms with Crippen LogP contribution in [0.3, 0.4) is 0 Å². The van der Waals surface area contributed by atoms with Gasteiger partial charge in [-0.2, -0.15) is 0 Å². The van der Waals surface area contributed by atoms with Crippen LogP contribution in [0.25, 0.3) is 10.8 Å². The monoisotopic (exact) mass is 237 g/mol. The van der Waals surface area contributed by atoms with Gasteiger partial charge in [-0.25, -0.2) is 0 Å². The van der Waals surface area contributed by atoms with Crippen molar-refractivity contribution in [3.8, 4) is 0 Å². The highest BCUT2D eigenvalue weighted by Gasteiger charge is 2.07. The van der Waals surface area contributed by atoms with E-state index in [9.17, 15) is 13.3 Å². The normalized spacial score (nSPS) is 14.6. The van der Waals surface area contributed by atoms with E-state index in [4.69, 9.17) is 5.14 Å². The van der Waals surface area contributed by atoms with E-state index in [0.29, 0.717) is 5.39 Å². The topological polar surface area (TPSA) is 89.2 Å². The fourth-order valence-corrected chi connectivity index (χ4v) is 2.22. The van der Waals surface area contributed by atoms with E-state index < -0.39 is 14.7 Å². The summed E-state index contributed by atoms with van der Waals surface area (Å²) in [6, 6.07) is 9.61. The third-order valence-corrected chi connectivity index (χ3v) is 3.50. The fraction of sp³-hybridized carbons (Fsp3) is 0.0909. The maximum absolute atomic E-state index is 11.2. The minimum atomic E-state index is -5.63. The third kappa shape index (κ3) is 2.12. The molecule has 0 heterocycles. The fourth-order valence-electron chi connectivity index (χ4n) is 1.57. The first kappa shape index (κ1) is 11.2. The van der Waals surface area contributed by atoms with Crippen molar-refractivity contribution in [3.63, 3.8) is 0 Å². The first-order valence-corrected chi connectivity index (χ1v) is 6.55. The Morgan fingerprint density at radius 1 is 1.06 bits per heavy atom. The molecule has 4 nitrogen and oxygen atoms in total. The zero-order valence-corrected chi connectivity index (χ0v) is 9.49. The molecule has 0 aliphatic carbocycles. The van der Waals surface area contributed by atoms with Crippen molar-refractivity contribution < 1.29 is 13.3 Å². The quantitative estimate of drug-likeness (QED) is 0.814. The molecule has 2 aromatic rings. The van der Waals surface area contributed by atoms with Gasteiger partial charge in [-0.15, -0.1) is 9.81 Å². The van der Waals surface area contributed by atoms with Crippen LogP contribution >= 0.6 is 0 Å². The molecule has 0 unspecified atom stereocenters. The van der Waals surface area contributed by atoms with E-state index in [2.05, 4.69) is 0 Å². The Hall–Kier alpha value is -1.27. The summed E-state index contributed by atoms with van der Waals surface area (Å²) < 4.78 is 33.5. The van der Waals surface area contributed by atoms with Crippen LogP contribution in [0.1, 0.15) is 5.56 Å². The third-order valence-electron chi connectivity index (χ3n) is 2.39. The molecule has 0 saturated heterocycles. The summed E-state index contributed by atoms with van der Waals surface area (Å²) in [5, 5.41) is 6.32. The number of rotatable bonds is 1. The number of aryl methyl sites for hydroxylation is 1. The molecule has 0 saturated carbocycles. The minimum Gasteiger partial charge on any atom is -0.785 e. The molecular formula is C11H11NO3S-2. The highest BCUT2D eigenvalue weighted by atomic mass is 32.3. The summed E-state index contributed by atoms with van der Waals surface area (Å²) >= 11 is 0.